The molecule has 2 atom stereocenters. The van der Waals surface area contributed by atoms with E-state index in [2.05, 4.69) is 13.8 Å². The highest BCUT2D eigenvalue weighted by Crippen LogP contribution is 2.57. The second kappa shape index (κ2) is 3.94. The van der Waals surface area contributed by atoms with Crippen LogP contribution in [-0.4, -0.2) is 7.11 Å². The van der Waals surface area contributed by atoms with Crippen molar-refractivity contribution in [1.29, 1.82) is 0 Å². The molecule has 0 radical (unpaired) electrons. The average Bonchev–Trinajstić information content (AvgIpc) is 2.86. The number of nitrogens with two attached hydrogens (primary N) is 1. The normalized spacial score (nSPS) is 23.9. The van der Waals surface area contributed by atoms with Crippen molar-refractivity contribution in [1.82, 2.24) is 0 Å². The van der Waals surface area contributed by atoms with Crippen molar-refractivity contribution in [3.8, 4) is 5.75 Å². The predicted molar refractivity (Wildman–Crippen MR) is 66.8 cm³/mol. The molecule has 2 nitrogen and oxygen atoms in total. The van der Waals surface area contributed by atoms with Gasteiger partial charge < -0.3 is 10.5 Å². The quantitative estimate of drug-likeness (QED) is 0.878. The molecule has 2 N–H and O–H groups in total. The number of ether oxygens (including phenoxy) is 1. The van der Waals surface area contributed by atoms with Crippen LogP contribution in [0.5, 0.6) is 5.75 Å². The predicted octanol–water partition coefficient (Wildman–Crippen LogP) is 3.39. The molecule has 1 fully saturated rings. The fourth-order valence-corrected chi connectivity index (χ4v) is 2.48. The van der Waals surface area contributed by atoms with Gasteiger partial charge in [-0.2, -0.15) is 0 Å². The van der Waals surface area contributed by atoms with Gasteiger partial charge in [-0.05, 0) is 36.0 Å². The van der Waals surface area contributed by atoms with Crippen molar-refractivity contribution < 1.29 is 4.74 Å². The van der Waals surface area contributed by atoms with Crippen LogP contribution in [0.1, 0.15) is 31.9 Å². The summed E-state index contributed by atoms with van der Waals surface area (Å²) in [6.07, 6.45) is 1.17. The van der Waals surface area contributed by atoms with E-state index in [4.69, 9.17) is 22.1 Å². The van der Waals surface area contributed by atoms with E-state index in [1.807, 2.05) is 18.2 Å². The topological polar surface area (TPSA) is 35.2 Å². The summed E-state index contributed by atoms with van der Waals surface area (Å²) in [7, 11) is 1.66. The molecule has 3 heteroatoms. The van der Waals surface area contributed by atoms with Gasteiger partial charge in [0.1, 0.15) is 5.75 Å². The molecular weight excluding hydrogens is 222 g/mol. The molecule has 0 heterocycles. The van der Waals surface area contributed by atoms with Crippen LogP contribution in [0.2, 0.25) is 5.02 Å². The molecule has 0 bridgehead atoms. The number of hydrogen-bond acceptors (Lipinski definition) is 2. The van der Waals surface area contributed by atoms with Crippen molar-refractivity contribution in [2.24, 2.45) is 17.1 Å². The van der Waals surface area contributed by atoms with Crippen molar-refractivity contribution in [2.45, 2.75) is 26.3 Å². The summed E-state index contributed by atoms with van der Waals surface area (Å²) in [6, 6.07) is 5.64. The Morgan fingerprint density at radius 3 is 2.62 bits per heavy atom. The molecule has 1 aromatic carbocycles. The minimum atomic E-state index is 0.0173. The molecule has 2 unspecified atom stereocenters. The van der Waals surface area contributed by atoms with E-state index in [1.54, 1.807) is 7.11 Å². The Balaban J connectivity index is 2.29. The molecule has 0 saturated heterocycles. The number of methoxy groups -OCH3 is 1. The maximum atomic E-state index is 6.28. The summed E-state index contributed by atoms with van der Waals surface area (Å²) in [5.74, 6) is 1.36. The Morgan fingerprint density at radius 1 is 1.50 bits per heavy atom. The summed E-state index contributed by atoms with van der Waals surface area (Å²) in [6.45, 7) is 4.49. The number of hydrogen-bond donors (Lipinski definition) is 1. The standard InChI is InChI=1S/C13H18ClNO/c1-13(2)7-10(13)12(15)9-6-8(14)4-5-11(9)16-3/h4-6,10,12H,7,15H2,1-3H3. The Labute approximate surface area is 102 Å². The summed E-state index contributed by atoms with van der Waals surface area (Å²) in [5, 5.41) is 0.713. The maximum Gasteiger partial charge on any atom is 0.123 e. The van der Waals surface area contributed by atoms with Crippen molar-refractivity contribution in [3.63, 3.8) is 0 Å². The minimum Gasteiger partial charge on any atom is -0.496 e. The van der Waals surface area contributed by atoms with Crippen LogP contribution in [0.3, 0.4) is 0 Å². The Hall–Kier alpha value is -0.730. The average molecular weight is 240 g/mol. The van der Waals surface area contributed by atoms with Gasteiger partial charge in [0.2, 0.25) is 0 Å². The van der Waals surface area contributed by atoms with Crippen LogP contribution < -0.4 is 10.5 Å². The van der Waals surface area contributed by atoms with E-state index in [0.717, 1.165) is 11.3 Å². The Morgan fingerprint density at radius 2 is 2.12 bits per heavy atom. The van der Waals surface area contributed by atoms with Crippen LogP contribution in [0.4, 0.5) is 0 Å². The monoisotopic (exact) mass is 239 g/mol. The van der Waals surface area contributed by atoms with Gasteiger partial charge in [-0.3, -0.25) is 0 Å². The fourth-order valence-electron chi connectivity index (χ4n) is 2.30. The molecule has 0 aromatic heterocycles. The highest BCUT2D eigenvalue weighted by molar-refractivity contribution is 6.30. The zero-order valence-corrected chi connectivity index (χ0v) is 10.7. The third kappa shape index (κ3) is 2.04. The SMILES string of the molecule is COc1ccc(Cl)cc1C(N)C1CC1(C)C. The lowest BCUT2D eigenvalue weighted by molar-refractivity contribution is 0.397. The van der Waals surface area contributed by atoms with Gasteiger partial charge in [0, 0.05) is 16.6 Å². The Kier molecular flexibility index (Phi) is 2.89. The van der Waals surface area contributed by atoms with Gasteiger partial charge in [-0.1, -0.05) is 25.4 Å². The maximum absolute atomic E-state index is 6.28. The molecule has 1 aromatic rings. The second-order valence-electron chi connectivity index (χ2n) is 5.21. The summed E-state index contributed by atoms with van der Waals surface area (Å²) < 4.78 is 5.33. The Bertz CT molecular complexity index is 403. The molecule has 1 aliphatic rings. The smallest absolute Gasteiger partial charge is 0.123 e. The molecule has 0 spiro atoms. The number of rotatable bonds is 3. The van der Waals surface area contributed by atoms with E-state index in [9.17, 15) is 0 Å². The highest BCUT2D eigenvalue weighted by atomic mass is 35.5. The van der Waals surface area contributed by atoms with Gasteiger partial charge >= 0.3 is 0 Å². The number of halogens is 1. The van der Waals surface area contributed by atoms with Crippen molar-refractivity contribution >= 4 is 11.6 Å². The summed E-state index contributed by atoms with van der Waals surface area (Å²) >= 11 is 6.00. The van der Waals surface area contributed by atoms with Crippen molar-refractivity contribution in [3.05, 3.63) is 28.8 Å². The van der Waals surface area contributed by atoms with E-state index in [-0.39, 0.29) is 6.04 Å². The van der Waals surface area contributed by atoms with Crippen LogP contribution >= 0.6 is 11.6 Å². The van der Waals surface area contributed by atoms with Gasteiger partial charge in [-0.25, -0.2) is 0 Å². The van der Waals surface area contributed by atoms with Crippen molar-refractivity contribution in [2.75, 3.05) is 7.11 Å². The first-order chi connectivity index (χ1) is 7.45. The van der Waals surface area contributed by atoms with E-state index >= 15 is 0 Å². The third-order valence-corrected chi connectivity index (χ3v) is 3.81. The molecular formula is C13H18ClNO. The zero-order valence-electron chi connectivity index (χ0n) is 9.96. The second-order valence-corrected chi connectivity index (χ2v) is 5.65. The van der Waals surface area contributed by atoms with Gasteiger partial charge in [0.15, 0.2) is 0 Å². The molecule has 16 heavy (non-hydrogen) atoms. The first-order valence-corrected chi connectivity index (χ1v) is 5.92. The first kappa shape index (κ1) is 11.7. The van der Waals surface area contributed by atoms with Crippen LogP contribution in [0.15, 0.2) is 18.2 Å². The molecule has 0 aliphatic heterocycles. The van der Waals surface area contributed by atoms with E-state index < -0.39 is 0 Å². The summed E-state index contributed by atoms with van der Waals surface area (Å²) in [5.41, 5.74) is 7.66. The molecule has 88 valence electrons. The lowest BCUT2D eigenvalue weighted by Gasteiger charge is -2.17. The van der Waals surface area contributed by atoms with E-state index in [0.29, 0.717) is 16.4 Å². The highest BCUT2D eigenvalue weighted by Gasteiger charge is 2.49. The molecule has 2 rings (SSSR count). The lowest BCUT2D eigenvalue weighted by atomic mass is 9.97. The lowest BCUT2D eigenvalue weighted by Crippen LogP contribution is -2.16. The molecule has 0 amide bonds. The van der Waals surface area contributed by atoms with Gasteiger partial charge in [0.25, 0.3) is 0 Å². The first-order valence-electron chi connectivity index (χ1n) is 5.55. The van der Waals surface area contributed by atoms with Crippen LogP contribution in [0.25, 0.3) is 0 Å². The molecule has 1 saturated carbocycles. The third-order valence-electron chi connectivity index (χ3n) is 3.57. The zero-order chi connectivity index (χ0) is 11.9. The van der Waals surface area contributed by atoms with Gasteiger partial charge in [0.05, 0.1) is 7.11 Å². The summed E-state index contributed by atoms with van der Waals surface area (Å²) in [4.78, 5) is 0. The molecule has 1 aliphatic carbocycles. The van der Waals surface area contributed by atoms with E-state index in [1.165, 1.54) is 6.42 Å². The van der Waals surface area contributed by atoms with Gasteiger partial charge in [-0.15, -0.1) is 0 Å². The van der Waals surface area contributed by atoms with Crippen LogP contribution in [-0.2, 0) is 0 Å². The largest absolute Gasteiger partial charge is 0.496 e. The fraction of sp³-hybridized carbons (Fsp3) is 0.538. The minimum absolute atomic E-state index is 0.0173. The number of benzene rings is 1. The van der Waals surface area contributed by atoms with Crippen LogP contribution in [0, 0.1) is 11.3 Å².